The molecule has 0 unspecified atom stereocenters. The van der Waals surface area contributed by atoms with Crippen LogP contribution in [-0.2, 0) is 16.4 Å². The van der Waals surface area contributed by atoms with Crippen LogP contribution in [0.1, 0.15) is 26.3 Å². The van der Waals surface area contributed by atoms with E-state index in [2.05, 4.69) is 25.8 Å². The van der Waals surface area contributed by atoms with Crippen molar-refractivity contribution < 1.29 is 8.42 Å². The van der Waals surface area contributed by atoms with Gasteiger partial charge in [-0.2, -0.15) is 0 Å². The van der Waals surface area contributed by atoms with Gasteiger partial charge in [-0.1, -0.05) is 26.8 Å². The van der Waals surface area contributed by atoms with Crippen molar-refractivity contribution in [2.24, 2.45) is 10.6 Å². The monoisotopic (exact) mass is 228 g/mol. The third kappa shape index (κ3) is 3.97. The Bertz CT molecular complexity index is 429. The highest BCUT2D eigenvalue weighted by Crippen LogP contribution is 2.20. The van der Waals surface area contributed by atoms with Crippen LogP contribution in [0.2, 0.25) is 0 Å². The van der Waals surface area contributed by atoms with Crippen LogP contribution in [0.15, 0.2) is 23.4 Å². The van der Waals surface area contributed by atoms with Crippen molar-refractivity contribution in [3.63, 3.8) is 0 Å². The summed E-state index contributed by atoms with van der Waals surface area (Å²) in [6.07, 6.45) is 2.41. The molecule has 0 fully saturated rings. The molecule has 0 saturated carbocycles. The van der Waals surface area contributed by atoms with Crippen molar-refractivity contribution in [3.05, 3.63) is 23.9 Å². The highest BCUT2D eigenvalue weighted by atomic mass is 32.2. The van der Waals surface area contributed by atoms with E-state index >= 15 is 0 Å². The third-order valence-corrected chi connectivity index (χ3v) is 2.65. The van der Waals surface area contributed by atoms with Crippen molar-refractivity contribution >= 4 is 10.0 Å². The second kappa shape index (κ2) is 3.90. The zero-order valence-electron chi connectivity index (χ0n) is 9.19. The molecular weight excluding hydrogens is 212 g/mol. The molecule has 1 aromatic rings. The van der Waals surface area contributed by atoms with Gasteiger partial charge in [0.05, 0.1) is 0 Å². The van der Waals surface area contributed by atoms with E-state index in [1.807, 2.05) is 0 Å². The molecule has 4 nitrogen and oxygen atoms in total. The van der Waals surface area contributed by atoms with E-state index in [1.165, 1.54) is 6.07 Å². The summed E-state index contributed by atoms with van der Waals surface area (Å²) in [5, 5.41) is 4.86. The van der Waals surface area contributed by atoms with Crippen LogP contribution in [0.3, 0.4) is 0 Å². The Labute approximate surface area is 90.6 Å². The zero-order chi connectivity index (χ0) is 11.7. The Balaban J connectivity index is 2.92. The fourth-order valence-electron chi connectivity index (χ4n) is 1.30. The van der Waals surface area contributed by atoms with Crippen molar-refractivity contribution in [1.29, 1.82) is 0 Å². The molecule has 5 heteroatoms. The Kier molecular flexibility index (Phi) is 3.16. The molecule has 15 heavy (non-hydrogen) atoms. The van der Waals surface area contributed by atoms with Gasteiger partial charge in [-0.05, 0) is 23.5 Å². The molecule has 0 bridgehead atoms. The first-order valence-corrected chi connectivity index (χ1v) is 6.21. The molecule has 0 saturated heterocycles. The van der Waals surface area contributed by atoms with Gasteiger partial charge < -0.3 is 0 Å². The van der Waals surface area contributed by atoms with Gasteiger partial charge >= 0.3 is 0 Å². The number of pyridine rings is 1. The average Bonchev–Trinajstić information content (AvgIpc) is 2.00. The minimum absolute atomic E-state index is 0.0832. The van der Waals surface area contributed by atoms with Crippen LogP contribution >= 0.6 is 0 Å². The number of hydrogen-bond donors (Lipinski definition) is 1. The van der Waals surface area contributed by atoms with Gasteiger partial charge in [0, 0.05) is 6.20 Å². The van der Waals surface area contributed by atoms with Crippen LogP contribution < -0.4 is 5.14 Å². The van der Waals surface area contributed by atoms with Gasteiger partial charge in [0.1, 0.15) is 0 Å². The molecule has 0 aromatic carbocycles. The minimum atomic E-state index is -3.67. The van der Waals surface area contributed by atoms with Gasteiger partial charge in [0.25, 0.3) is 10.0 Å². The van der Waals surface area contributed by atoms with E-state index in [9.17, 15) is 8.42 Å². The SMILES string of the molecule is CC(C)(C)Cc1ccc(S(N)(=O)=O)nc1. The lowest BCUT2D eigenvalue weighted by Crippen LogP contribution is -2.14. The summed E-state index contributed by atoms with van der Waals surface area (Å²) < 4.78 is 21.9. The van der Waals surface area contributed by atoms with Gasteiger partial charge in [0.15, 0.2) is 5.03 Å². The molecule has 0 radical (unpaired) electrons. The van der Waals surface area contributed by atoms with Crippen LogP contribution in [0.25, 0.3) is 0 Å². The quantitative estimate of drug-likeness (QED) is 0.829. The van der Waals surface area contributed by atoms with Gasteiger partial charge in [-0.25, -0.2) is 18.5 Å². The Morgan fingerprint density at radius 1 is 1.33 bits per heavy atom. The van der Waals surface area contributed by atoms with E-state index in [1.54, 1.807) is 12.3 Å². The fourth-order valence-corrected chi connectivity index (χ4v) is 1.75. The van der Waals surface area contributed by atoms with Gasteiger partial charge in [0.2, 0.25) is 0 Å². The predicted octanol–water partition coefficient (Wildman–Crippen LogP) is 1.32. The highest BCUT2D eigenvalue weighted by molar-refractivity contribution is 7.89. The standard InChI is InChI=1S/C10H16N2O2S/c1-10(2,3)6-8-4-5-9(12-7-8)15(11,13)14/h4-5,7H,6H2,1-3H3,(H2,11,13,14). The topological polar surface area (TPSA) is 73.1 Å². The first kappa shape index (κ1) is 12.1. The van der Waals surface area contributed by atoms with E-state index < -0.39 is 10.0 Å². The first-order chi connectivity index (χ1) is 6.68. The van der Waals surface area contributed by atoms with E-state index in [0.29, 0.717) is 0 Å². The maximum absolute atomic E-state index is 10.9. The van der Waals surface area contributed by atoms with Gasteiger partial charge in [-0.3, -0.25) is 0 Å². The fraction of sp³-hybridized carbons (Fsp3) is 0.500. The number of primary sulfonamides is 1. The number of nitrogens with two attached hydrogens (primary N) is 1. The second-order valence-electron chi connectivity index (χ2n) is 4.79. The molecule has 0 spiro atoms. The number of nitrogens with zero attached hydrogens (tertiary/aromatic N) is 1. The molecule has 0 aliphatic heterocycles. The highest BCUT2D eigenvalue weighted by Gasteiger charge is 2.13. The molecular formula is C10H16N2O2S. The summed E-state index contributed by atoms with van der Waals surface area (Å²) in [5.74, 6) is 0. The summed E-state index contributed by atoms with van der Waals surface area (Å²) in [5.41, 5.74) is 1.17. The molecule has 1 heterocycles. The van der Waals surface area contributed by atoms with Crippen LogP contribution in [0.4, 0.5) is 0 Å². The maximum atomic E-state index is 10.9. The molecule has 0 amide bonds. The largest absolute Gasteiger partial charge is 0.255 e. The Morgan fingerprint density at radius 3 is 2.27 bits per heavy atom. The average molecular weight is 228 g/mol. The van der Waals surface area contributed by atoms with Crippen LogP contribution in [0.5, 0.6) is 0 Å². The molecule has 0 aliphatic rings. The summed E-state index contributed by atoms with van der Waals surface area (Å²) in [6, 6.07) is 3.19. The first-order valence-electron chi connectivity index (χ1n) is 4.66. The maximum Gasteiger partial charge on any atom is 0.255 e. The summed E-state index contributed by atoms with van der Waals surface area (Å²) in [4.78, 5) is 3.82. The van der Waals surface area contributed by atoms with E-state index in [-0.39, 0.29) is 10.4 Å². The molecule has 1 aromatic heterocycles. The summed E-state index contributed by atoms with van der Waals surface area (Å²) in [7, 11) is -3.67. The lowest BCUT2D eigenvalue weighted by Gasteiger charge is -2.17. The smallest absolute Gasteiger partial charge is 0.243 e. The van der Waals surface area contributed by atoms with Crippen molar-refractivity contribution in [2.75, 3.05) is 0 Å². The Hall–Kier alpha value is -0.940. The summed E-state index contributed by atoms with van der Waals surface area (Å²) in [6.45, 7) is 6.34. The predicted molar refractivity (Wildman–Crippen MR) is 58.8 cm³/mol. The lowest BCUT2D eigenvalue weighted by molar-refractivity contribution is 0.410. The molecule has 2 N–H and O–H groups in total. The third-order valence-electron chi connectivity index (χ3n) is 1.82. The number of sulfonamides is 1. The van der Waals surface area contributed by atoms with Crippen molar-refractivity contribution in [1.82, 2.24) is 4.98 Å². The molecule has 0 atom stereocenters. The summed E-state index contributed by atoms with van der Waals surface area (Å²) >= 11 is 0. The number of hydrogen-bond acceptors (Lipinski definition) is 3. The number of aromatic nitrogens is 1. The van der Waals surface area contributed by atoms with Crippen molar-refractivity contribution in [3.8, 4) is 0 Å². The minimum Gasteiger partial charge on any atom is -0.243 e. The second-order valence-corrected chi connectivity index (χ2v) is 6.30. The van der Waals surface area contributed by atoms with Crippen molar-refractivity contribution in [2.45, 2.75) is 32.2 Å². The molecule has 84 valence electrons. The normalized spacial score (nSPS) is 12.8. The zero-order valence-corrected chi connectivity index (χ0v) is 10.0. The molecule has 1 rings (SSSR count). The molecule has 0 aliphatic carbocycles. The van der Waals surface area contributed by atoms with E-state index in [4.69, 9.17) is 5.14 Å². The van der Waals surface area contributed by atoms with Crippen LogP contribution in [0, 0.1) is 5.41 Å². The van der Waals surface area contributed by atoms with Gasteiger partial charge in [-0.15, -0.1) is 0 Å². The van der Waals surface area contributed by atoms with E-state index in [0.717, 1.165) is 12.0 Å². The number of rotatable bonds is 2. The Morgan fingerprint density at radius 2 is 1.93 bits per heavy atom. The van der Waals surface area contributed by atoms with Crippen LogP contribution in [-0.4, -0.2) is 13.4 Å². The lowest BCUT2D eigenvalue weighted by atomic mass is 9.89.